The van der Waals surface area contributed by atoms with Gasteiger partial charge in [0.1, 0.15) is 0 Å². The smallest absolute Gasteiger partial charge is 0.253 e. The highest BCUT2D eigenvalue weighted by Gasteiger charge is 2.30. The Morgan fingerprint density at radius 2 is 2.00 bits per heavy atom. The molecule has 0 aliphatic carbocycles. The molecule has 1 aromatic rings. The van der Waals surface area contributed by atoms with Gasteiger partial charge in [-0.2, -0.15) is 0 Å². The molecule has 0 radical (unpaired) electrons. The molecule has 2 rings (SSSR count). The molecule has 1 fully saturated rings. The number of primary sulfonamides is 1. The normalized spacial score (nSPS) is 18.2. The van der Waals surface area contributed by atoms with Crippen molar-refractivity contribution in [2.24, 2.45) is 5.14 Å². The van der Waals surface area contributed by atoms with E-state index >= 15 is 0 Å². The molecule has 0 bridgehead atoms. The summed E-state index contributed by atoms with van der Waals surface area (Å²) < 4.78 is 28.0. The van der Waals surface area contributed by atoms with Gasteiger partial charge in [0.15, 0.2) is 0 Å². The summed E-state index contributed by atoms with van der Waals surface area (Å²) in [5.74, 6) is -0.421. The molecule has 1 heterocycles. The molecule has 1 saturated heterocycles. The monoisotopic (exact) mass is 332 g/mol. The third kappa shape index (κ3) is 3.94. The van der Waals surface area contributed by atoms with E-state index in [4.69, 9.17) is 21.5 Å². The van der Waals surface area contributed by atoms with Crippen LogP contribution in [0.25, 0.3) is 0 Å². The van der Waals surface area contributed by atoms with E-state index in [-0.39, 0.29) is 15.5 Å². The first-order chi connectivity index (χ1) is 9.71. The molecule has 3 N–H and O–H groups in total. The molecule has 1 aliphatic heterocycles. The van der Waals surface area contributed by atoms with E-state index in [0.717, 1.165) is 0 Å². The van der Waals surface area contributed by atoms with Crippen LogP contribution >= 0.6 is 11.6 Å². The van der Waals surface area contributed by atoms with Gasteiger partial charge in [-0.05, 0) is 38.0 Å². The first-order valence-electron chi connectivity index (χ1n) is 6.44. The highest BCUT2D eigenvalue weighted by Crippen LogP contribution is 2.24. The third-order valence-electron chi connectivity index (χ3n) is 3.52. The largest absolute Gasteiger partial charge is 0.381 e. The van der Waals surface area contributed by atoms with Crippen LogP contribution in [0.1, 0.15) is 30.1 Å². The molecule has 1 aromatic carbocycles. The fraction of sp³-hybridized carbons (Fsp3) is 0.462. The van der Waals surface area contributed by atoms with Gasteiger partial charge in [-0.3, -0.25) is 4.79 Å². The zero-order valence-corrected chi connectivity index (χ0v) is 13.1. The Hall–Kier alpha value is -1.15. The Morgan fingerprint density at radius 1 is 1.38 bits per heavy atom. The maximum Gasteiger partial charge on any atom is 0.253 e. The lowest BCUT2D eigenvalue weighted by molar-refractivity contribution is 0.0423. The number of halogens is 1. The van der Waals surface area contributed by atoms with E-state index in [1.54, 1.807) is 0 Å². The van der Waals surface area contributed by atoms with Crippen molar-refractivity contribution in [3.8, 4) is 0 Å². The third-order valence-corrected chi connectivity index (χ3v) is 4.76. The molecule has 0 spiro atoms. The number of nitrogens with one attached hydrogen (secondary N) is 1. The van der Waals surface area contributed by atoms with Gasteiger partial charge in [0.25, 0.3) is 5.91 Å². The summed E-state index contributed by atoms with van der Waals surface area (Å²) in [6.45, 7) is 3.06. The van der Waals surface area contributed by atoms with Crippen molar-refractivity contribution >= 4 is 27.5 Å². The van der Waals surface area contributed by atoms with Crippen molar-refractivity contribution in [3.63, 3.8) is 0 Å². The van der Waals surface area contributed by atoms with Gasteiger partial charge < -0.3 is 10.1 Å². The number of carbonyl (C=O) groups is 1. The summed E-state index contributed by atoms with van der Waals surface area (Å²) in [4.78, 5) is 12.2. The predicted octanol–water partition coefficient (Wildman–Crippen LogP) is 1.29. The van der Waals surface area contributed by atoms with Crippen LogP contribution in [0.15, 0.2) is 23.1 Å². The lowest BCUT2D eigenvalue weighted by atomic mass is 9.92. The Bertz CT molecular complexity index is 654. The summed E-state index contributed by atoms with van der Waals surface area (Å²) in [6, 6.07) is 3.81. The highest BCUT2D eigenvalue weighted by atomic mass is 35.5. The van der Waals surface area contributed by atoms with Crippen LogP contribution in [0.3, 0.4) is 0 Å². The number of nitrogens with two attached hydrogens (primary N) is 1. The molecule has 1 amide bonds. The maximum atomic E-state index is 12.3. The van der Waals surface area contributed by atoms with E-state index in [1.165, 1.54) is 18.2 Å². The fourth-order valence-electron chi connectivity index (χ4n) is 2.14. The fourth-order valence-corrected chi connectivity index (χ4v) is 2.89. The Kier molecular flexibility index (Phi) is 4.57. The molecule has 0 unspecified atom stereocenters. The summed E-state index contributed by atoms with van der Waals surface area (Å²) in [7, 11) is -3.88. The van der Waals surface area contributed by atoms with Crippen molar-refractivity contribution in [1.82, 2.24) is 5.32 Å². The number of hydrogen-bond acceptors (Lipinski definition) is 4. The van der Waals surface area contributed by atoms with E-state index in [1.807, 2.05) is 6.92 Å². The molecule has 8 heteroatoms. The Morgan fingerprint density at radius 3 is 2.57 bits per heavy atom. The van der Waals surface area contributed by atoms with Crippen LogP contribution in [0.4, 0.5) is 0 Å². The molecule has 21 heavy (non-hydrogen) atoms. The van der Waals surface area contributed by atoms with Gasteiger partial charge in [-0.1, -0.05) is 11.6 Å². The molecule has 116 valence electrons. The number of amides is 1. The van der Waals surface area contributed by atoms with Crippen LogP contribution in [0.5, 0.6) is 0 Å². The van der Waals surface area contributed by atoms with Gasteiger partial charge in [-0.25, -0.2) is 13.6 Å². The minimum absolute atomic E-state index is 0.0934. The molecule has 0 atom stereocenters. The second kappa shape index (κ2) is 5.92. The van der Waals surface area contributed by atoms with Gasteiger partial charge >= 0.3 is 0 Å². The molecule has 0 aromatic heterocycles. The molecular weight excluding hydrogens is 316 g/mol. The number of rotatable bonds is 3. The van der Waals surface area contributed by atoms with E-state index in [0.29, 0.717) is 26.1 Å². The van der Waals surface area contributed by atoms with E-state index in [9.17, 15) is 13.2 Å². The van der Waals surface area contributed by atoms with Gasteiger partial charge in [0.2, 0.25) is 10.0 Å². The summed E-state index contributed by atoms with van der Waals surface area (Å²) in [6.07, 6.45) is 1.37. The second-order valence-electron chi connectivity index (χ2n) is 5.31. The standard InChI is InChI=1S/C13H17ClN2O4S/c1-13(4-6-20-7-5-13)16-12(17)10-8-9(21(15,18)19)2-3-11(10)14/h2-3,8H,4-7H2,1H3,(H,16,17)(H2,15,18,19). The average Bonchev–Trinajstić information content (AvgIpc) is 2.38. The summed E-state index contributed by atoms with van der Waals surface area (Å²) in [5, 5.41) is 8.14. The van der Waals surface area contributed by atoms with Crippen molar-refractivity contribution in [3.05, 3.63) is 28.8 Å². The maximum absolute atomic E-state index is 12.3. The highest BCUT2D eigenvalue weighted by molar-refractivity contribution is 7.89. The molecule has 6 nitrogen and oxygen atoms in total. The van der Waals surface area contributed by atoms with Crippen LogP contribution < -0.4 is 10.5 Å². The number of carbonyl (C=O) groups excluding carboxylic acids is 1. The van der Waals surface area contributed by atoms with Crippen LogP contribution in [-0.2, 0) is 14.8 Å². The molecular formula is C13H17ClN2O4S. The van der Waals surface area contributed by atoms with E-state index < -0.39 is 21.5 Å². The molecule has 0 saturated carbocycles. The Labute approximate surface area is 128 Å². The van der Waals surface area contributed by atoms with Gasteiger partial charge in [-0.15, -0.1) is 0 Å². The minimum atomic E-state index is -3.88. The summed E-state index contributed by atoms with van der Waals surface area (Å²) in [5.41, 5.74) is -0.299. The SMILES string of the molecule is CC1(NC(=O)c2cc(S(N)(=O)=O)ccc2Cl)CCOCC1. The number of hydrogen-bond donors (Lipinski definition) is 2. The summed E-state index contributed by atoms with van der Waals surface area (Å²) >= 11 is 5.98. The zero-order chi connectivity index (χ0) is 15.7. The number of sulfonamides is 1. The lowest BCUT2D eigenvalue weighted by Gasteiger charge is -2.34. The van der Waals surface area contributed by atoms with Crippen LogP contribution in [0.2, 0.25) is 5.02 Å². The topological polar surface area (TPSA) is 98.5 Å². The Balaban J connectivity index is 2.26. The number of benzene rings is 1. The average molecular weight is 333 g/mol. The van der Waals surface area contributed by atoms with Crippen LogP contribution in [-0.4, -0.2) is 33.1 Å². The quantitative estimate of drug-likeness (QED) is 0.871. The van der Waals surface area contributed by atoms with E-state index in [2.05, 4.69) is 5.32 Å². The van der Waals surface area contributed by atoms with Crippen molar-refractivity contribution in [2.45, 2.75) is 30.2 Å². The molecule has 1 aliphatic rings. The minimum Gasteiger partial charge on any atom is -0.381 e. The first-order valence-corrected chi connectivity index (χ1v) is 8.36. The van der Waals surface area contributed by atoms with Crippen LogP contribution in [0, 0.1) is 0 Å². The van der Waals surface area contributed by atoms with Crippen molar-refractivity contribution in [2.75, 3.05) is 13.2 Å². The number of ether oxygens (including phenoxy) is 1. The zero-order valence-electron chi connectivity index (χ0n) is 11.6. The van der Waals surface area contributed by atoms with Crippen molar-refractivity contribution in [1.29, 1.82) is 0 Å². The van der Waals surface area contributed by atoms with Gasteiger partial charge in [0.05, 0.1) is 15.5 Å². The first kappa shape index (κ1) is 16.2. The van der Waals surface area contributed by atoms with Gasteiger partial charge in [0, 0.05) is 18.8 Å². The second-order valence-corrected chi connectivity index (χ2v) is 7.28. The lowest BCUT2D eigenvalue weighted by Crippen LogP contribution is -2.49. The van der Waals surface area contributed by atoms with Crippen molar-refractivity contribution < 1.29 is 17.9 Å². The predicted molar refractivity (Wildman–Crippen MR) is 78.7 cm³/mol.